The predicted molar refractivity (Wildman–Crippen MR) is 54.6 cm³/mol. The summed E-state index contributed by atoms with van der Waals surface area (Å²) in [6.45, 7) is 0. The summed E-state index contributed by atoms with van der Waals surface area (Å²) >= 11 is 4.97. The van der Waals surface area contributed by atoms with Crippen LogP contribution in [-0.4, -0.2) is 4.98 Å². The first-order valence-corrected chi connectivity index (χ1v) is 5.42. The van der Waals surface area contributed by atoms with Crippen molar-refractivity contribution < 1.29 is 13.2 Å². The van der Waals surface area contributed by atoms with Crippen LogP contribution in [0.4, 0.5) is 13.2 Å². The van der Waals surface area contributed by atoms with Crippen LogP contribution in [0, 0.1) is 3.57 Å². The number of aromatic nitrogens is 1. The molecule has 0 saturated heterocycles. The lowest BCUT2D eigenvalue weighted by molar-refractivity contribution is -0.137. The minimum Gasteiger partial charge on any atom is -0.259 e. The smallest absolute Gasteiger partial charge is 0.259 e. The SMILES string of the molecule is FC(F)(F)c1cnc(CBr)c(I)c1. The molecule has 0 fully saturated rings. The van der Waals surface area contributed by atoms with Crippen molar-refractivity contribution in [2.45, 2.75) is 11.5 Å². The molecular weight excluding hydrogens is 362 g/mol. The van der Waals surface area contributed by atoms with Gasteiger partial charge in [0.05, 0.1) is 11.3 Å². The van der Waals surface area contributed by atoms with Crippen LogP contribution in [0.3, 0.4) is 0 Å². The summed E-state index contributed by atoms with van der Waals surface area (Å²) in [5.41, 5.74) is -0.0878. The summed E-state index contributed by atoms with van der Waals surface area (Å²) in [5.74, 6) is 0. The van der Waals surface area contributed by atoms with Crippen molar-refractivity contribution in [3.63, 3.8) is 0 Å². The van der Waals surface area contributed by atoms with E-state index in [0.29, 0.717) is 14.6 Å². The van der Waals surface area contributed by atoms with E-state index in [1.54, 1.807) is 0 Å². The van der Waals surface area contributed by atoms with Crippen LogP contribution in [0.25, 0.3) is 0 Å². The average molecular weight is 366 g/mol. The molecule has 0 aromatic carbocycles. The Kier molecular flexibility index (Phi) is 3.56. The zero-order valence-electron chi connectivity index (χ0n) is 6.20. The van der Waals surface area contributed by atoms with E-state index in [0.717, 1.165) is 12.3 Å². The van der Waals surface area contributed by atoms with E-state index in [4.69, 9.17) is 0 Å². The molecule has 0 saturated carbocycles. The number of halogens is 5. The van der Waals surface area contributed by atoms with E-state index in [2.05, 4.69) is 20.9 Å². The van der Waals surface area contributed by atoms with Crippen molar-refractivity contribution in [1.82, 2.24) is 4.98 Å². The van der Waals surface area contributed by atoms with E-state index in [-0.39, 0.29) is 0 Å². The zero-order valence-corrected chi connectivity index (χ0v) is 9.94. The van der Waals surface area contributed by atoms with Crippen molar-refractivity contribution in [3.05, 3.63) is 27.1 Å². The molecule has 0 bridgehead atoms. The molecular formula is C7H4BrF3IN. The van der Waals surface area contributed by atoms with Gasteiger partial charge in [-0.1, -0.05) is 15.9 Å². The average Bonchev–Trinajstić information content (AvgIpc) is 2.02. The molecule has 0 amide bonds. The molecule has 0 spiro atoms. The van der Waals surface area contributed by atoms with Crippen LogP contribution in [0.5, 0.6) is 0 Å². The van der Waals surface area contributed by atoms with Crippen molar-refractivity contribution in [2.75, 3.05) is 0 Å². The highest BCUT2D eigenvalue weighted by Crippen LogP contribution is 2.30. The number of nitrogens with zero attached hydrogens (tertiary/aromatic N) is 1. The molecule has 0 unspecified atom stereocenters. The lowest BCUT2D eigenvalue weighted by atomic mass is 10.2. The molecule has 0 radical (unpaired) electrons. The molecule has 72 valence electrons. The Labute approximate surface area is 95.0 Å². The van der Waals surface area contributed by atoms with Gasteiger partial charge in [0.15, 0.2) is 0 Å². The summed E-state index contributed by atoms with van der Waals surface area (Å²) < 4.78 is 37.0. The van der Waals surface area contributed by atoms with Gasteiger partial charge in [-0.05, 0) is 28.7 Å². The van der Waals surface area contributed by atoms with Crippen molar-refractivity contribution >= 4 is 38.5 Å². The first-order valence-electron chi connectivity index (χ1n) is 3.22. The summed E-state index contributed by atoms with van der Waals surface area (Å²) in [4.78, 5) is 3.69. The zero-order chi connectivity index (χ0) is 10.1. The van der Waals surface area contributed by atoms with Crippen LogP contribution in [0.1, 0.15) is 11.3 Å². The fourth-order valence-corrected chi connectivity index (χ4v) is 2.36. The molecule has 0 atom stereocenters. The molecule has 0 aliphatic rings. The molecule has 0 aliphatic heterocycles. The maximum absolute atomic E-state index is 12.1. The quantitative estimate of drug-likeness (QED) is 0.547. The highest BCUT2D eigenvalue weighted by molar-refractivity contribution is 14.1. The first-order chi connectivity index (χ1) is 5.95. The molecule has 13 heavy (non-hydrogen) atoms. The van der Waals surface area contributed by atoms with E-state index < -0.39 is 11.7 Å². The van der Waals surface area contributed by atoms with Gasteiger partial charge in [0.2, 0.25) is 0 Å². The lowest BCUT2D eigenvalue weighted by Gasteiger charge is -2.07. The molecule has 6 heteroatoms. The third-order valence-corrected chi connectivity index (χ3v) is 2.84. The second-order valence-electron chi connectivity index (χ2n) is 2.28. The van der Waals surface area contributed by atoms with Gasteiger partial charge in [-0.25, -0.2) is 0 Å². The van der Waals surface area contributed by atoms with Gasteiger partial charge < -0.3 is 0 Å². The second-order valence-corrected chi connectivity index (χ2v) is 4.01. The second kappa shape index (κ2) is 4.12. The lowest BCUT2D eigenvalue weighted by Crippen LogP contribution is -2.07. The molecule has 1 aromatic rings. The highest BCUT2D eigenvalue weighted by atomic mass is 127. The fourth-order valence-electron chi connectivity index (χ4n) is 0.720. The number of hydrogen-bond donors (Lipinski definition) is 0. The molecule has 0 aliphatic carbocycles. The van der Waals surface area contributed by atoms with E-state index >= 15 is 0 Å². The first kappa shape index (κ1) is 11.2. The Hall–Kier alpha value is 0.150. The molecule has 1 heterocycles. The van der Waals surface area contributed by atoms with Crippen molar-refractivity contribution in [2.24, 2.45) is 0 Å². The summed E-state index contributed by atoms with van der Waals surface area (Å²) in [6, 6.07) is 1.09. The monoisotopic (exact) mass is 365 g/mol. The van der Waals surface area contributed by atoms with Gasteiger partial charge in [-0.2, -0.15) is 13.2 Å². The van der Waals surface area contributed by atoms with Crippen LogP contribution in [0.15, 0.2) is 12.3 Å². The number of alkyl halides is 4. The summed E-state index contributed by atoms with van der Waals surface area (Å²) in [6.07, 6.45) is -3.46. The van der Waals surface area contributed by atoms with E-state index in [9.17, 15) is 13.2 Å². The maximum atomic E-state index is 12.1. The Morgan fingerprint density at radius 3 is 2.46 bits per heavy atom. The normalized spacial score (nSPS) is 11.8. The van der Waals surface area contributed by atoms with E-state index in [1.807, 2.05) is 22.6 Å². The minimum absolute atomic E-state index is 0.462. The fraction of sp³-hybridized carbons (Fsp3) is 0.286. The maximum Gasteiger partial charge on any atom is 0.417 e. The Morgan fingerprint density at radius 1 is 1.46 bits per heavy atom. The third-order valence-electron chi connectivity index (χ3n) is 1.37. The van der Waals surface area contributed by atoms with Crippen molar-refractivity contribution in [1.29, 1.82) is 0 Å². The van der Waals surface area contributed by atoms with Crippen LogP contribution in [-0.2, 0) is 11.5 Å². The van der Waals surface area contributed by atoms with Gasteiger partial charge in [0, 0.05) is 15.1 Å². The minimum atomic E-state index is -4.31. The van der Waals surface area contributed by atoms with Crippen LogP contribution in [0.2, 0.25) is 0 Å². The molecule has 1 aromatic heterocycles. The predicted octanol–water partition coefficient (Wildman–Crippen LogP) is 3.60. The van der Waals surface area contributed by atoms with Gasteiger partial charge in [0.1, 0.15) is 0 Å². The number of hydrogen-bond acceptors (Lipinski definition) is 1. The topological polar surface area (TPSA) is 12.9 Å². The standard InChI is InChI=1S/C7H4BrF3IN/c8-2-6-5(12)1-4(3-13-6)7(9,10)11/h1,3H,2H2. The van der Waals surface area contributed by atoms with Crippen LogP contribution < -0.4 is 0 Å². The molecule has 0 N–H and O–H groups in total. The Balaban J connectivity index is 3.10. The Bertz CT molecular complexity index is 313. The van der Waals surface area contributed by atoms with Gasteiger partial charge in [-0.15, -0.1) is 0 Å². The van der Waals surface area contributed by atoms with Gasteiger partial charge in [0.25, 0.3) is 0 Å². The third kappa shape index (κ3) is 2.80. The number of pyridine rings is 1. The van der Waals surface area contributed by atoms with Gasteiger partial charge >= 0.3 is 6.18 Å². The number of rotatable bonds is 1. The van der Waals surface area contributed by atoms with Crippen molar-refractivity contribution in [3.8, 4) is 0 Å². The highest BCUT2D eigenvalue weighted by Gasteiger charge is 2.31. The summed E-state index contributed by atoms with van der Waals surface area (Å²) in [7, 11) is 0. The van der Waals surface area contributed by atoms with Gasteiger partial charge in [-0.3, -0.25) is 4.98 Å². The summed E-state index contributed by atoms with van der Waals surface area (Å²) in [5, 5.41) is 0.462. The van der Waals surface area contributed by atoms with Crippen LogP contribution >= 0.6 is 38.5 Å². The Morgan fingerprint density at radius 2 is 2.08 bits per heavy atom. The van der Waals surface area contributed by atoms with E-state index in [1.165, 1.54) is 0 Å². The molecule has 1 nitrogen and oxygen atoms in total. The molecule has 1 rings (SSSR count). The largest absolute Gasteiger partial charge is 0.417 e.